The molecule has 0 saturated carbocycles. The van der Waals surface area contributed by atoms with Crippen LogP contribution in [-0.2, 0) is 22.3 Å². The molecule has 8 N–H and O–H groups in total. The molecule has 2 saturated heterocycles. The highest BCUT2D eigenvalue weighted by Crippen LogP contribution is 2.26. The number of hydrogen-bond donors (Lipinski definition) is 8. The Kier molecular flexibility index (Phi) is 8.98. The molecule has 1 aromatic carbocycles. The van der Waals surface area contributed by atoms with Gasteiger partial charge in [-0.05, 0) is 36.8 Å². The van der Waals surface area contributed by atoms with E-state index in [9.17, 15) is 40.9 Å². The topological polar surface area (TPSA) is 180 Å². The second-order valence-electron chi connectivity index (χ2n) is 8.63. The van der Waals surface area contributed by atoms with Gasteiger partial charge in [-0.1, -0.05) is 24.3 Å². The molecule has 32 heavy (non-hydrogen) atoms. The minimum absolute atomic E-state index is 0.395. The van der Waals surface area contributed by atoms with Crippen molar-refractivity contribution >= 4 is 0 Å². The van der Waals surface area contributed by atoms with Crippen LogP contribution in [0.1, 0.15) is 24.0 Å². The van der Waals surface area contributed by atoms with Crippen molar-refractivity contribution in [2.24, 2.45) is 0 Å². The molecule has 1 aromatic rings. The smallest absolute Gasteiger partial charge is 0.111 e. The Morgan fingerprint density at radius 1 is 0.500 bits per heavy atom. The number of aliphatic hydroxyl groups excluding tert-OH is 8. The Bertz CT molecular complexity index is 637. The van der Waals surface area contributed by atoms with E-state index >= 15 is 0 Å². The fourth-order valence-corrected chi connectivity index (χ4v) is 4.32. The molecule has 182 valence electrons. The van der Waals surface area contributed by atoms with Crippen LogP contribution in [0, 0.1) is 0 Å². The van der Waals surface area contributed by atoms with Gasteiger partial charge in [0.2, 0.25) is 0 Å². The molecule has 2 aliphatic rings. The highest BCUT2D eigenvalue weighted by atomic mass is 16.5. The predicted molar refractivity (Wildman–Crippen MR) is 111 cm³/mol. The van der Waals surface area contributed by atoms with E-state index in [-0.39, 0.29) is 0 Å². The van der Waals surface area contributed by atoms with Crippen LogP contribution in [0.3, 0.4) is 0 Å². The van der Waals surface area contributed by atoms with Crippen molar-refractivity contribution in [3.05, 3.63) is 35.4 Å². The Labute approximate surface area is 186 Å². The summed E-state index contributed by atoms with van der Waals surface area (Å²) in [6.45, 7) is -0.908. The average molecular weight is 459 g/mol. The number of benzene rings is 1. The molecule has 2 fully saturated rings. The molecule has 10 nitrogen and oxygen atoms in total. The third-order valence-corrected chi connectivity index (χ3v) is 6.44. The van der Waals surface area contributed by atoms with Gasteiger partial charge in [0.15, 0.2) is 0 Å². The van der Waals surface area contributed by atoms with Crippen LogP contribution in [-0.4, -0.2) is 115 Å². The molecule has 2 aliphatic heterocycles. The third kappa shape index (κ3) is 5.65. The van der Waals surface area contributed by atoms with Crippen molar-refractivity contribution in [1.82, 2.24) is 0 Å². The van der Waals surface area contributed by atoms with Gasteiger partial charge in [-0.15, -0.1) is 0 Å². The molecule has 0 bridgehead atoms. The van der Waals surface area contributed by atoms with Crippen molar-refractivity contribution in [2.45, 2.75) is 86.7 Å². The van der Waals surface area contributed by atoms with E-state index in [1.807, 2.05) is 24.3 Å². The maximum Gasteiger partial charge on any atom is 0.111 e. The molecule has 0 aliphatic carbocycles. The molecular weight excluding hydrogens is 424 g/mol. The summed E-state index contributed by atoms with van der Waals surface area (Å²) in [4.78, 5) is 0. The molecule has 2 heterocycles. The molecule has 0 spiro atoms. The van der Waals surface area contributed by atoms with Gasteiger partial charge in [-0.2, -0.15) is 0 Å². The Morgan fingerprint density at radius 2 is 0.812 bits per heavy atom. The van der Waals surface area contributed by atoms with Crippen LogP contribution < -0.4 is 0 Å². The fraction of sp³-hybridized carbons (Fsp3) is 0.727. The lowest BCUT2D eigenvalue weighted by atomic mass is 9.91. The molecule has 0 aromatic heterocycles. The summed E-state index contributed by atoms with van der Waals surface area (Å²) in [6, 6.07) is 7.64. The normalized spacial score (nSPS) is 40.4. The zero-order chi connectivity index (χ0) is 23.4. The van der Waals surface area contributed by atoms with E-state index in [2.05, 4.69) is 0 Å². The average Bonchev–Trinajstić information content (AvgIpc) is 2.81. The van der Waals surface area contributed by atoms with Crippen LogP contribution >= 0.6 is 0 Å². The SMILES string of the molecule is OC[C@H]1O[C@H](CCc2ccc(CC[C@H]3O[C@H](CO)[C@@H](O)[C@H](O)[C@H]3O)cc2)[C@@H](O)[C@@H](O)[C@@H]1O. The van der Waals surface area contributed by atoms with Gasteiger partial charge < -0.3 is 50.3 Å². The second-order valence-corrected chi connectivity index (χ2v) is 8.63. The summed E-state index contributed by atoms with van der Waals surface area (Å²) in [7, 11) is 0. The first kappa shape index (κ1) is 25.4. The summed E-state index contributed by atoms with van der Waals surface area (Å²) in [5.41, 5.74) is 1.94. The number of aliphatic hydroxyl groups is 8. The van der Waals surface area contributed by atoms with Crippen LogP contribution in [0.5, 0.6) is 0 Å². The van der Waals surface area contributed by atoms with Gasteiger partial charge in [-0.3, -0.25) is 0 Å². The van der Waals surface area contributed by atoms with Gasteiger partial charge in [0.25, 0.3) is 0 Å². The lowest BCUT2D eigenvalue weighted by molar-refractivity contribution is -0.230. The van der Waals surface area contributed by atoms with Gasteiger partial charge in [0.1, 0.15) is 48.8 Å². The van der Waals surface area contributed by atoms with Crippen molar-refractivity contribution in [1.29, 1.82) is 0 Å². The highest BCUT2D eigenvalue weighted by Gasteiger charge is 2.44. The quantitative estimate of drug-likeness (QED) is 0.203. The summed E-state index contributed by atoms with van der Waals surface area (Å²) < 4.78 is 11.0. The van der Waals surface area contributed by atoms with E-state index in [4.69, 9.17) is 9.47 Å². The van der Waals surface area contributed by atoms with Gasteiger partial charge in [0, 0.05) is 0 Å². The number of hydrogen-bond acceptors (Lipinski definition) is 10. The Morgan fingerprint density at radius 3 is 1.12 bits per heavy atom. The lowest BCUT2D eigenvalue weighted by Gasteiger charge is -2.40. The maximum absolute atomic E-state index is 10.1. The largest absolute Gasteiger partial charge is 0.394 e. The molecule has 0 amide bonds. The second kappa shape index (κ2) is 11.3. The minimum atomic E-state index is -1.38. The summed E-state index contributed by atoms with van der Waals surface area (Å²) in [6.07, 6.45) is -9.34. The molecular formula is C22H34O10. The first-order chi connectivity index (χ1) is 15.3. The van der Waals surface area contributed by atoms with Crippen LogP contribution in [0.4, 0.5) is 0 Å². The summed E-state index contributed by atoms with van der Waals surface area (Å²) in [5, 5.41) is 78.3. The van der Waals surface area contributed by atoms with Crippen LogP contribution in [0.25, 0.3) is 0 Å². The van der Waals surface area contributed by atoms with Crippen molar-refractivity contribution in [3.63, 3.8) is 0 Å². The van der Waals surface area contributed by atoms with E-state index in [1.165, 1.54) is 0 Å². The number of ether oxygens (including phenoxy) is 2. The number of rotatable bonds is 8. The molecule has 10 atom stereocenters. The zero-order valence-electron chi connectivity index (χ0n) is 17.7. The van der Waals surface area contributed by atoms with Crippen molar-refractivity contribution < 1.29 is 50.3 Å². The first-order valence-corrected chi connectivity index (χ1v) is 11.0. The van der Waals surface area contributed by atoms with Gasteiger partial charge in [0.05, 0.1) is 25.4 Å². The van der Waals surface area contributed by atoms with E-state index < -0.39 is 74.3 Å². The fourth-order valence-electron chi connectivity index (χ4n) is 4.32. The Hall–Kier alpha value is -1.18. The van der Waals surface area contributed by atoms with E-state index in [0.29, 0.717) is 25.7 Å². The van der Waals surface area contributed by atoms with Crippen molar-refractivity contribution in [3.8, 4) is 0 Å². The highest BCUT2D eigenvalue weighted by molar-refractivity contribution is 5.23. The molecule has 10 heteroatoms. The summed E-state index contributed by atoms with van der Waals surface area (Å²) >= 11 is 0. The standard InChI is InChI=1S/C22H34O10/c23-9-15-19(27)21(29)17(25)13(31-15)7-5-11-1-2-12(4-3-11)6-8-14-18(26)22(30)20(28)16(10-24)32-14/h1-4,13-30H,5-10H2/t13-,14-,15-,16-,17-,18+,19-,20-,21-,22-/m1/s1. The van der Waals surface area contributed by atoms with Crippen molar-refractivity contribution in [2.75, 3.05) is 13.2 Å². The lowest BCUT2D eigenvalue weighted by Crippen LogP contribution is -2.58. The number of aryl methyl sites for hydroxylation is 2. The van der Waals surface area contributed by atoms with E-state index in [0.717, 1.165) is 11.1 Å². The summed E-state index contributed by atoms with van der Waals surface area (Å²) in [5.74, 6) is 0. The Balaban J connectivity index is 1.50. The molecule has 3 rings (SSSR count). The van der Waals surface area contributed by atoms with E-state index in [1.54, 1.807) is 0 Å². The minimum Gasteiger partial charge on any atom is -0.394 e. The van der Waals surface area contributed by atoms with Gasteiger partial charge in [-0.25, -0.2) is 0 Å². The zero-order valence-corrected chi connectivity index (χ0v) is 17.7. The predicted octanol–water partition coefficient (Wildman–Crippen LogP) is -2.76. The van der Waals surface area contributed by atoms with Crippen LogP contribution in [0.15, 0.2) is 24.3 Å². The van der Waals surface area contributed by atoms with Gasteiger partial charge >= 0.3 is 0 Å². The molecule has 0 radical (unpaired) electrons. The van der Waals surface area contributed by atoms with Crippen LogP contribution in [0.2, 0.25) is 0 Å². The maximum atomic E-state index is 10.1. The first-order valence-electron chi connectivity index (χ1n) is 11.0. The monoisotopic (exact) mass is 458 g/mol. The third-order valence-electron chi connectivity index (χ3n) is 6.44. The molecule has 0 unspecified atom stereocenters.